The number of benzene rings is 2. The molecule has 2 aromatic rings. The second-order valence-electron chi connectivity index (χ2n) is 4.36. The summed E-state index contributed by atoms with van der Waals surface area (Å²) in [6.07, 6.45) is 0. The van der Waals surface area contributed by atoms with Crippen molar-refractivity contribution in [2.24, 2.45) is 5.73 Å². The van der Waals surface area contributed by atoms with Crippen molar-refractivity contribution < 1.29 is 9.13 Å². The Morgan fingerprint density at radius 3 is 2.53 bits per heavy atom. The van der Waals surface area contributed by atoms with Gasteiger partial charge in [0.1, 0.15) is 6.61 Å². The maximum atomic E-state index is 13.8. The molecule has 0 heterocycles. The van der Waals surface area contributed by atoms with E-state index in [0.29, 0.717) is 12.2 Å². The number of rotatable bonds is 4. The van der Waals surface area contributed by atoms with Crippen LogP contribution in [0, 0.1) is 5.82 Å². The molecule has 0 unspecified atom stereocenters. The predicted molar refractivity (Wildman–Crippen MR) is 77.5 cm³/mol. The lowest BCUT2D eigenvalue weighted by Gasteiger charge is -2.14. The first-order valence-corrected chi connectivity index (χ1v) is 6.78. The quantitative estimate of drug-likeness (QED) is 0.915. The average Bonchev–Trinajstić information content (AvgIpc) is 2.39. The molecule has 0 aromatic heterocycles. The zero-order chi connectivity index (χ0) is 13.8. The van der Waals surface area contributed by atoms with Gasteiger partial charge in [0.15, 0.2) is 11.6 Å². The van der Waals surface area contributed by atoms with Gasteiger partial charge in [-0.1, -0.05) is 40.2 Å². The Morgan fingerprint density at radius 2 is 1.89 bits per heavy atom. The van der Waals surface area contributed by atoms with Crippen LogP contribution in [-0.2, 0) is 6.61 Å². The predicted octanol–water partition coefficient (Wildman–Crippen LogP) is 4.19. The van der Waals surface area contributed by atoms with Crippen LogP contribution >= 0.6 is 15.9 Å². The van der Waals surface area contributed by atoms with Crippen LogP contribution in [0.2, 0.25) is 0 Å². The van der Waals surface area contributed by atoms with Crippen molar-refractivity contribution in [3.63, 3.8) is 0 Å². The van der Waals surface area contributed by atoms with E-state index in [1.807, 2.05) is 24.3 Å². The molecule has 4 heteroatoms. The molecule has 0 aliphatic heterocycles. The molecule has 0 aliphatic carbocycles. The lowest BCUT2D eigenvalue weighted by Crippen LogP contribution is -2.09. The van der Waals surface area contributed by atoms with Gasteiger partial charge >= 0.3 is 0 Å². The van der Waals surface area contributed by atoms with Gasteiger partial charge in [0.2, 0.25) is 0 Å². The van der Waals surface area contributed by atoms with E-state index >= 15 is 0 Å². The molecule has 19 heavy (non-hydrogen) atoms. The monoisotopic (exact) mass is 323 g/mol. The highest BCUT2D eigenvalue weighted by atomic mass is 79.9. The minimum absolute atomic E-state index is 0.236. The zero-order valence-corrected chi connectivity index (χ0v) is 12.2. The van der Waals surface area contributed by atoms with Crippen LogP contribution < -0.4 is 10.5 Å². The minimum Gasteiger partial charge on any atom is -0.485 e. The molecule has 2 rings (SSSR count). The largest absolute Gasteiger partial charge is 0.485 e. The first-order valence-electron chi connectivity index (χ1n) is 5.99. The summed E-state index contributed by atoms with van der Waals surface area (Å²) in [7, 11) is 0. The normalized spacial score (nSPS) is 12.2. The summed E-state index contributed by atoms with van der Waals surface area (Å²) < 4.78 is 20.4. The van der Waals surface area contributed by atoms with Gasteiger partial charge in [-0.2, -0.15) is 0 Å². The third-order valence-corrected chi connectivity index (χ3v) is 3.31. The van der Waals surface area contributed by atoms with E-state index in [9.17, 15) is 4.39 Å². The molecule has 0 spiro atoms. The summed E-state index contributed by atoms with van der Waals surface area (Å²) in [5.74, 6) is -0.146. The van der Waals surface area contributed by atoms with Crippen LogP contribution in [0.3, 0.4) is 0 Å². The number of halogens is 2. The molecule has 0 radical (unpaired) electrons. The second-order valence-corrected chi connectivity index (χ2v) is 5.28. The average molecular weight is 324 g/mol. The molecule has 0 bridgehead atoms. The fourth-order valence-electron chi connectivity index (χ4n) is 1.77. The number of hydrogen-bond donors (Lipinski definition) is 1. The Hall–Kier alpha value is -1.39. The van der Waals surface area contributed by atoms with Gasteiger partial charge in [0.25, 0.3) is 0 Å². The number of para-hydroxylation sites is 1. The molecule has 0 saturated carbocycles. The van der Waals surface area contributed by atoms with Gasteiger partial charge < -0.3 is 10.5 Å². The van der Waals surface area contributed by atoms with Gasteiger partial charge in [-0.15, -0.1) is 0 Å². The summed E-state index contributed by atoms with van der Waals surface area (Å²) >= 11 is 3.37. The molecule has 2 aromatic carbocycles. The summed E-state index contributed by atoms with van der Waals surface area (Å²) in [5.41, 5.74) is 7.47. The van der Waals surface area contributed by atoms with E-state index in [-0.39, 0.29) is 17.6 Å². The zero-order valence-electron chi connectivity index (χ0n) is 10.6. The van der Waals surface area contributed by atoms with Crippen molar-refractivity contribution in [2.75, 3.05) is 0 Å². The van der Waals surface area contributed by atoms with Crippen LogP contribution in [0.15, 0.2) is 46.9 Å². The summed E-state index contributed by atoms with van der Waals surface area (Å²) in [5, 5.41) is 0. The minimum atomic E-state index is -0.382. The maximum Gasteiger partial charge on any atom is 0.165 e. The number of hydrogen-bond acceptors (Lipinski definition) is 2. The van der Waals surface area contributed by atoms with Crippen molar-refractivity contribution in [1.29, 1.82) is 0 Å². The van der Waals surface area contributed by atoms with Gasteiger partial charge in [-0.25, -0.2) is 4.39 Å². The molecule has 1 atom stereocenters. The molecule has 100 valence electrons. The SMILES string of the molecule is C[C@H](N)c1cccc(F)c1OCc1ccc(Br)cc1. The fourth-order valence-corrected chi connectivity index (χ4v) is 2.04. The number of nitrogens with two attached hydrogens (primary N) is 1. The fraction of sp³-hybridized carbons (Fsp3) is 0.200. The van der Waals surface area contributed by atoms with Crippen LogP contribution in [0.4, 0.5) is 4.39 Å². The molecular weight excluding hydrogens is 309 g/mol. The molecule has 2 nitrogen and oxygen atoms in total. The third kappa shape index (κ3) is 3.55. The summed E-state index contributed by atoms with van der Waals surface area (Å²) in [4.78, 5) is 0. The maximum absolute atomic E-state index is 13.8. The van der Waals surface area contributed by atoms with Gasteiger partial charge in [-0.05, 0) is 30.7 Å². The summed E-state index contributed by atoms with van der Waals surface area (Å²) in [6.45, 7) is 2.12. The molecule has 2 N–H and O–H groups in total. The standard InChI is InChI=1S/C15H15BrFNO/c1-10(18)13-3-2-4-14(17)15(13)19-9-11-5-7-12(16)8-6-11/h2-8,10H,9,18H2,1H3/t10-/m0/s1. The van der Waals surface area contributed by atoms with Crippen LogP contribution in [0.25, 0.3) is 0 Å². The molecule has 0 amide bonds. The topological polar surface area (TPSA) is 35.2 Å². The van der Waals surface area contributed by atoms with Crippen molar-refractivity contribution in [3.05, 3.63) is 63.9 Å². The van der Waals surface area contributed by atoms with E-state index < -0.39 is 0 Å². The first-order chi connectivity index (χ1) is 9.08. The van der Waals surface area contributed by atoms with E-state index in [4.69, 9.17) is 10.5 Å². The highest BCUT2D eigenvalue weighted by molar-refractivity contribution is 9.10. The Balaban J connectivity index is 2.17. The highest BCUT2D eigenvalue weighted by Gasteiger charge is 2.13. The smallest absolute Gasteiger partial charge is 0.165 e. The second kappa shape index (κ2) is 6.17. The highest BCUT2D eigenvalue weighted by Crippen LogP contribution is 2.27. The van der Waals surface area contributed by atoms with Crippen LogP contribution in [0.5, 0.6) is 5.75 Å². The first kappa shape index (κ1) is 14.0. The van der Waals surface area contributed by atoms with Crippen LogP contribution in [-0.4, -0.2) is 0 Å². The molecular formula is C15H15BrFNO. The lowest BCUT2D eigenvalue weighted by atomic mass is 10.1. The van der Waals surface area contributed by atoms with E-state index in [1.54, 1.807) is 19.1 Å². The number of ether oxygens (including phenoxy) is 1. The van der Waals surface area contributed by atoms with Crippen molar-refractivity contribution in [1.82, 2.24) is 0 Å². The van der Waals surface area contributed by atoms with Crippen LogP contribution in [0.1, 0.15) is 24.1 Å². The molecule has 0 aliphatic rings. The van der Waals surface area contributed by atoms with Gasteiger partial charge in [-0.3, -0.25) is 0 Å². The van der Waals surface area contributed by atoms with E-state index in [0.717, 1.165) is 10.0 Å². The van der Waals surface area contributed by atoms with Gasteiger partial charge in [0.05, 0.1) is 0 Å². The molecule has 0 saturated heterocycles. The Kier molecular flexibility index (Phi) is 4.56. The lowest BCUT2D eigenvalue weighted by molar-refractivity contribution is 0.285. The van der Waals surface area contributed by atoms with Crippen molar-refractivity contribution >= 4 is 15.9 Å². The van der Waals surface area contributed by atoms with Gasteiger partial charge in [0, 0.05) is 16.1 Å². The van der Waals surface area contributed by atoms with E-state index in [2.05, 4.69) is 15.9 Å². The van der Waals surface area contributed by atoms with Crippen molar-refractivity contribution in [3.8, 4) is 5.75 Å². The van der Waals surface area contributed by atoms with Crippen molar-refractivity contribution in [2.45, 2.75) is 19.6 Å². The summed E-state index contributed by atoms with van der Waals surface area (Å²) in [6, 6.07) is 12.2. The third-order valence-electron chi connectivity index (χ3n) is 2.78. The Bertz CT molecular complexity index is 555. The molecule has 0 fully saturated rings. The van der Waals surface area contributed by atoms with E-state index in [1.165, 1.54) is 6.07 Å². The Morgan fingerprint density at radius 1 is 1.21 bits per heavy atom. The Labute approximate surface area is 120 Å².